The van der Waals surface area contributed by atoms with E-state index in [9.17, 15) is 40.2 Å². The minimum Gasteiger partial charge on any atom is -0.261 e. The zero-order valence-corrected chi connectivity index (χ0v) is 6.73. The Bertz CT molecular complexity index is 321. The first-order valence-electron chi connectivity index (χ1n) is 3.24. The number of ether oxygens (including phenoxy) is 1. The van der Waals surface area contributed by atoms with Crippen molar-refractivity contribution in [2.24, 2.45) is 0 Å². The van der Waals surface area contributed by atoms with Crippen LogP contribution in [0.3, 0.4) is 0 Å². The second-order valence-electron chi connectivity index (χ2n) is 2.54. The summed E-state index contributed by atoms with van der Waals surface area (Å²) >= 11 is 0. The Labute approximate surface area is 80.8 Å². The van der Waals surface area contributed by atoms with Gasteiger partial charge in [0, 0.05) is 5.34 Å². The lowest BCUT2D eigenvalue weighted by molar-refractivity contribution is -0.340. The van der Waals surface area contributed by atoms with Gasteiger partial charge in [0.05, 0.1) is 0 Å². The maximum Gasteiger partial charge on any atom is 0.441 e. The highest BCUT2D eigenvalue weighted by molar-refractivity contribution is 5.81. The van der Waals surface area contributed by atoms with Crippen LogP contribution in [0.2, 0.25) is 0 Å². The second kappa shape index (κ2) is 3.16. The summed E-state index contributed by atoms with van der Waals surface area (Å²) in [6.07, 6.45) is -5.78. The van der Waals surface area contributed by atoms with Crippen LogP contribution in [0.4, 0.5) is 35.4 Å². The number of hydrogen-bond donors (Lipinski definition) is 0. The van der Waals surface area contributed by atoms with Gasteiger partial charge in [-0.1, -0.05) is 8.96 Å². The number of carbonyl (C=O) groups excluding carboxylic acids is 1. The molecule has 1 saturated heterocycles. The molecule has 0 aromatic rings. The molecule has 0 N–H and O–H groups in total. The molecule has 16 heavy (non-hydrogen) atoms. The molecule has 0 aliphatic carbocycles. The van der Waals surface area contributed by atoms with Crippen molar-refractivity contribution in [1.82, 2.24) is 10.5 Å². The van der Waals surface area contributed by atoms with E-state index in [0.717, 1.165) is 0 Å². The van der Waals surface area contributed by atoms with E-state index < -0.39 is 34.5 Å². The molecule has 4 nitrogen and oxygen atoms in total. The lowest BCUT2D eigenvalue weighted by atomic mass is 10.4. The van der Waals surface area contributed by atoms with Crippen LogP contribution in [0, 0.1) is 0 Å². The summed E-state index contributed by atoms with van der Waals surface area (Å²) < 4.78 is 99.5. The van der Waals surface area contributed by atoms with Crippen LogP contribution in [-0.2, 0) is 9.53 Å². The molecule has 1 fully saturated rings. The van der Waals surface area contributed by atoms with Crippen LogP contribution in [-0.4, -0.2) is 34.5 Å². The fraction of sp³-hybridized carbons (Fsp3) is 0.750. The number of alkyl halides is 5. The molecule has 0 spiro atoms. The SMILES string of the molecule is O=C(N(F)F)C1(F)OC(F)(F)C(F)(F)N1F. The monoisotopic (exact) mass is 260 g/mol. The van der Waals surface area contributed by atoms with Crippen molar-refractivity contribution < 1.29 is 44.9 Å². The van der Waals surface area contributed by atoms with Crippen molar-refractivity contribution in [3.8, 4) is 0 Å². The molecule has 0 saturated carbocycles. The number of nitrogens with zero attached hydrogens (tertiary/aromatic N) is 2. The fourth-order valence-electron chi connectivity index (χ4n) is 0.798. The highest BCUT2D eigenvalue weighted by atomic mass is 19.4. The molecule has 0 aromatic heterocycles. The first kappa shape index (κ1) is 12.9. The van der Waals surface area contributed by atoms with Crippen LogP contribution in [0.1, 0.15) is 0 Å². The molecule has 1 unspecified atom stereocenters. The van der Waals surface area contributed by atoms with E-state index in [4.69, 9.17) is 0 Å². The summed E-state index contributed by atoms with van der Waals surface area (Å²) in [5.41, 5.74) is 0. The van der Waals surface area contributed by atoms with Crippen LogP contribution in [0.5, 0.6) is 0 Å². The third kappa shape index (κ3) is 1.40. The highest BCUT2D eigenvalue weighted by Crippen LogP contribution is 2.52. The standard InChI is InChI=1S/C4F8N2O2/c5-2(1(15)13(10)11)14(12)3(6,7)4(8,9)16-2. The minimum absolute atomic E-state index is 2.42. The van der Waals surface area contributed by atoms with Gasteiger partial charge in [0.1, 0.15) is 0 Å². The van der Waals surface area contributed by atoms with Crippen molar-refractivity contribution in [2.45, 2.75) is 18.1 Å². The molecular weight excluding hydrogens is 260 g/mol. The first-order valence-corrected chi connectivity index (χ1v) is 3.24. The van der Waals surface area contributed by atoms with Gasteiger partial charge in [0.15, 0.2) is 0 Å². The van der Waals surface area contributed by atoms with Crippen LogP contribution in [0.25, 0.3) is 0 Å². The number of hydrogen-bond acceptors (Lipinski definition) is 3. The summed E-state index contributed by atoms with van der Waals surface area (Å²) in [5.74, 6) is -8.65. The van der Waals surface area contributed by atoms with Gasteiger partial charge in [-0.05, 0) is 5.12 Å². The van der Waals surface area contributed by atoms with Gasteiger partial charge in [-0.15, -0.1) is 4.48 Å². The summed E-state index contributed by atoms with van der Waals surface area (Å²) in [7, 11) is 0. The Kier molecular flexibility index (Phi) is 2.55. The van der Waals surface area contributed by atoms with E-state index >= 15 is 0 Å². The molecule has 1 rings (SSSR count). The van der Waals surface area contributed by atoms with E-state index in [0.29, 0.717) is 0 Å². The Hall–Kier alpha value is -1.17. The van der Waals surface area contributed by atoms with Gasteiger partial charge in [0.25, 0.3) is 0 Å². The van der Waals surface area contributed by atoms with Gasteiger partial charge in [-0.2, -0.15) is 22.0 Å². The normalized spacial score (nSPS) is 32.8. The Balaban J connectivity index is 3.17. The van der Waals surface area contributed by atoms with E-state index in [1.54, 1.807) is 0 Å². The minimum atomic E-state index is -5.90. The van der Waals surface area contributed by atoms with Crippen molar-refractivity contribution >= 4 is 5.91 Å². The van der Waals surface area contributed by atoms with Gasteiger partial charge >= 0.3 is 24.0 Å². The van der Waals surface area contributed by atoms with Gasteiger partial charge < -0.3 is 0 Å². The van der Waals surface area contributed by atoms with Gasteiger partial charge in [-0.25, -0.2) is 0 Å². The van der Waals surface area contributed by atoms with E-state index in [-0.39, 0.29) is 0 Å². The van der Waals surface area contributed by atoms with Gasteiger partial charge in [-0.3, -0.25) is 9.53 Å². The molecule has 12 heteroatoms. The lowest BCUT2D eigenvalue weighted by Crippen LogP contribution is -2.51. The van der Waals surface area contributed by atoms with Crippen molar-refractivity contribution in [1.29, 1.82) is 0 Å². The largest absolute Gasteiger partial charge is 0.441 e. The molecule has 0 radical (unpaired) electrons. The van der Waals surface area contributed by atoms with Crippen molar-refractivity contribution in [2.75, 3.05) is 0 Å². The average molecular weight is 260 g/mol. The van der Waals surface area contributed by atoms with E-state index in [1.165, 1.54) is 0 Å². The molecule has 0 aromatic carbocycles. The zero-order valence-electron chi connectivity index (χ0n) is 6.73. The zero-order chi connectivity index (χ0) is 12.9. The maximum absolute atomic E-state index is 12.8. The summed E-state index contributed by atoms with van der Waals surface area (Å²) in [6.45, 7) is 0. The third-order valence-electron chi connectivity index (χ3n) is 1.53. The average Bonchev–Trinajstić information content (AvgIpc) is 2.24. The Morgan fingerprint density at radius 2 is 1.56 bits per heavy atom. The Morgan fingerprint density at radius 1 is 1.12 bits per heavy atom. The third-order valence-corrected chi connectivity index (χ3v) is 1.53. The van der Waals surface area contributed by atoms with Crippen LogP contribution < -0.4 is 0 Å². The molecule has 0 bridgehead atoms. The summed E-state index contributed by atoms with van der Waals surface area (Å²) in [6, 6.07) is -5.90. The molecule has 1 amide bonds. The van der Waals surface area contributed by atoms with Crippen LogP contribution >= 0.6 is 0 Å². The number of halogens is 8. The van der Waals surface area contributed by atoms with E-state index in [1.807, 2.05) is 0 Å². The van der Waals surface area contributed by atoms with E-state index in [2.05, 4.69) is 4.74 Å². The summed E-state index contributed by atoms with van der Waals surface area (Å²) in [5, 5.41) is -5.42. The molecule has 1 aliphatic rings. The molecule has 1 heterocycles. The second-order valence-corrected chi connectivity index (χ2v) is 2.54. The smallest absolute Gasteiger partial charge is 0.261 e. The first-order chi connectivity index (χ1) is 6.97. The fourth-order valence-corrected chi connectivity index (χ4v) is 0.798. The quantitative estimate of drug-likeness (QED) is 0.408. The predicted octanol–water partition coefficient (Wildman–Crippen LogP) is 1.61. The predicted molar refractivity (Wildman–Crippen MR) is 26.8 cm³/mol. The van der Waals surface area contributed by atoms with Crippen molar-refractivity contribution in [3.05, 3.63) is 0 Å². The number of carbonyl (C=O) groups is 1. The number of amides is 1. The molecule has 1 atom stereocenters. The molecule has 1 aliphatic heterocycles. The van der Waals surface area contributed by atoms with Crippen LogP contribution in [0.15, 0.2) is 0 Å². The summed E-state index contributed by atoms with van der Waals surface area (Å²) in [4.78, 5) is 10.2. The highest BCUT2D eigenvalue weighted by Gasteiger charge is 2.82. The molecular formula is C4F8N2O2. The lowest BCUT2D eigenvalue weighted by Gasteiger charge is -2.20. The van der Waals surface area contributed by atoms with Crippen molar-refractivity contribution in [3.63, 3.8) is 0 Å². The maximum atomic E-state index is 12.8. The molecule has 94 valence electrons. The Morgan fingerprint density at radius 3 is 1.81 bits per heavy atom. The van der Waals surface area contributed by atoms with Gasteiger partial charge in [0.2, 0.25) is 0 Å². The number of rotatable bonds is 1. The topological polar surface area (TPSA) is 32.8 Å².